The van der Waals surface area contributed by atoms with Crippen LogP contribution in [0, 0.1) is 5.92 Å². The molecule has 0 spiro atoms. The van der Waals surface area contributed by atoms with E-state index in [0.29, 0.717) is 0 Å². The van der Waals surface area contributed by atoms with Crippen LogP contribution in [-0.4, -0.2) is 5.78 Å². The Morgan fingerprint density at radius 1 is 0.741 bits per heavy atom. The number of hydrogen-bond donors (Lipinski definition) is 0. The fourth-order valence-corrected chi connectivity index (χ4v) is 3.63. The van der Waals surface area contributed by atoms with Crippen molar-refractivity contribution < 1.29 is 4.79 Å². The molecule has 4 rings (SSSR count). The van der Waals surface area contributed by atoms with Gasteiger partial charge in [-0.1, -0.05) is 104 Å². The molecular weight excluding hydrogens is 328 g/mol. The van der Waals surface area contributed by atoms with Gasteiger partial charge in [-0.15, -0.1) is 0 Å². The number of carbonyl (C=O) groups excluding carboxylic acids is 1. The molecule has 0 fully saturated rings. The average molecular weight is 350 g/mol. The van der Waals surface area contributed by atoms with Crippen molar-refractivity contribution in [1.29, 1.82) is 0 Å². The Kier molecular flexibility index (Phi) is 4.84. The van der Waals surface area contributed by atoms with E-state index in [0.717, 1.165) is 12.0 Å². The second-order valence-corrected chi connectivity index (χ2v) is 7.06. The first-order valence-corrected chi connectivity index (χ1v) is 9.39. The van der Waals surface area contributed by atoms with Gasteiger partial charge in [0.25, 0.3) is 0 Å². The Morgan fingerprint density at radius 3 is 2.19 bits per heavy atom. The lowest BCUT2D eigenvalue weighted by atomic mass is 9.91. The van der Waals surface area contributed by atoms with E-state index in [1.54, 1.807) is 0 Å². The molecule has 0 amide bonds. The largest absolute Gasteiger partial charge is 0.294 e. The van der Waals surface area contributed by atoms with E-state index in [-0.39, 0.29) is 11.7 Å². The molecule has 1 unspecified atom stereocenters. The molecular formula is C26H22O. The van der Waals surface area contributed by atoms with Crippen molar-refractivity contribution >= 4 is 16.6 Å². The van der Waals surface area contributed by atoms with Crippen LogP contribution < -0.4 is 0 Å². The molecule has 0 aliphatic heterocycles. The highest BCUT2D eigenvalue weighted by Gasteiger charge is 2.15. The fourth-order valence-electron chi connectivity index (χ4n) is 3.63. The molecule has 0 saturated carbocycles. The molecule has 4 aromatic carbocycles. The fraction of sp³-hybridized carbons (Fsp3) is 0.115. The minimum absolute atomic E-state index is 0.0317. The van der Waals surface area contributed by atoms with Crippen molar-refractivity contribution in [3.05, 3.63) is 108 Å². The van der Waals surface area contributed by atoms with Crippen LogP contribution >= 0.6 is 0 Å². The summed E-state index contributed by atoms with van der Waals surface area (Å²) < 4.78 is 0. The normalized spacial score (nSPS) is 12.0. The van der Waals surface area contributed by atoms with Crippen LogP contribution in [0.1, 0.15) is 22.8 Å². The molecule has 0 aliphatic carbocycles. The molecule has 27 heavy (non-hydrogen) atoms. The van der Waals surface area contributed by atoms with Crippen LogP contribution in [0.3, 0.4) is 0 Å². The molecule has 1 heteroatoms. The first-order chi connectivity index (χ1) is 13.2. The summed E-state index contributed by atoms with van der Waals surface area (Å²) in [6, 6.07) is 33.0. The molecule has 0 aliphatic rings. The second kappa shape index (κ2) is 7.59. The van der Waals surface area contributed by atoms with Crippen LogP contribution in [0.4, 0.5) is 0 Å². The maximum Gasteiger partial charge on any atom is 0.165 e. The third kappa shape index (κ3) is 3.68. The van der Waals surface area contributed by atoms with Gasteiger partial charge in [0.05, 0.1) is 0 Å². The highest BCUT2D eigenvalue weighted by molar-refractivity contribution is 5.98. The Bertz CT molecular complexity index is 1060. The third-order valence-electron chi connectivity index (χ3n) is 5.10. The van der Waals surface area contributed by atoms with Crippen molar-refractivity contribution in [2.24, 2.45) is 5.92 Å². The van der Waals surface area contributed by atoms with Crippen molar-refractivity contribution in [2.75, 3.05) is 0 Å². The summed E-state index contributed by atoms with van der Waals surface area (Å²) in [5, 5.41) is 2.52. The molecule has 0 heterocycles. The summed E-state index contributed by atoms with van der Waals surface area (Å²) in [6.07, 6.45) is 0.754. The van der Waals surface area contributed by atoms with Gasteiger partial charge >= 0.3 is 0 Å². The number of benzene rings is 4. The summed E-state index contributed by atoms with van der Waals surface area (Å²) in [6.45, 7) is 2.01. The van der Waals surface area contributed by atoms with Crippen LogP contribution in [0.25, 0.3) is 21.9 Å². The van der Waals surface area contributed by atoms with E-state index < -0.39 is 0 Å². The van der Waals surface area contributed by atoms with Crippen LogP contribution in [0.2, 0.25) is 0 Å². The minimum Gasteiger partial charge on any atom is -0.294 e. The molecule has 132 valence electrons. The summed E-state index contributed by atoms with van der Waals surface area (Å²) in [5.41, 5.74) is 4.43. The Hall–Kier alpha value is -3.19. The van der Waals surface area contributed by atoms with Crippen LogP contribution in [0.5, 0.6) is 0 Å². The van der Waals surface area contributed by atoms with Crippen LogP contribution in [0.15, 0.2) is 97.1 Å². The quantitative estimate of drug-likeness (QED) is 0.372. The van der Waals surface area contributed by atoms with Gasteiger partial charge in [-0.05, 0) is 33.9 Å². The monoisotopic (exact) mass is 350 g/mol. The molecule has 0 aromatic heterocycles. The third-order valence-corrected chi connectivity index (χ3v) is 5.10. The first kappa shape index (κ1) is 17.2. The predicted octanol–water partition coefficient (Wildman–Crippen LogP) is 6.57. The zero-order chi connectivity index (χ0) is 18.6. The van der Waals surface area contributed by atoms with Crippen molar-refractivity contribution in [3.8, 4) is 11.1 Å². The molecule has 1 atom stereocenters. The van der Waals surface area contributed by atoms with E-state index in [1.165, 1.54) is 27.5 Å². The SMILES string of the molecule is CC(Cc1ccc(-c2cccc3ccccc23)cc1)C(=O)c1ccccc1. The standard InChI is InChI=1S/C26H22O/c1-19(26(27)23-9-3-2-4-10-23)18-20-14-16-22(17-15-20)25-13-7-11-21-8-5-6-12-24(21)25/h2-17,19H,18H2,1H3. The van der Waals surface area contributed by atoms with E-state index in [9.17, 15) is 4.79 Å². The summed E-state index contributed by atoms with van der Waals surface area (Å²) in [5.74, 6) is 0.171. The predicted molar refractivity (Wildman–Crippen MR) is 113 cm³/mol. The lowest BCUT2D eigenvalue weighted by Crippen LogP contribution is -2.13. The van der Waals surface area contributed by atoms with Gasteiger partial charge in [0.2, 0.25) is 0 Å². The van der Waals surface area contributed by atoms with Crippen molar-refractivity contribution in [2.45, 2.75) is 13.3 Å². The molecule has 0 radical (unpaired) electrons. The van der Waals surface area contributed by atoms with Gasteiger partial charge in [0, 0.05) is 11.5 Å². The highest BCUT2D eigenvalue weighted by atomic mass is 16.1. The maximum absolute atomic E-state index is 12.6. The molecule has 1 nitrogen and oxygen atoms in total. The van der Waals surface area contributed by atoms with Crippen molar-refractivity contribution in [3.63, 3.8) is 0 Å². The average Bonchev–Trinajstić information content (AvgIpc) is 2.74. The summed E-state index contributed by atoms with van der Waals surface area (Å²) in [4.78, 5) is 12.6. The molecule has 0 N–H and O–H groups in total. The van der Waals surface area contributed by atoms with Gasteiger partial charge in [-0.25, -0.2) is 0 Å². The van der Waals surface area contributed by atoms with Gasteiger partial charge < -0.3 is 0 Å². The molecule has 4 aromatic rings. The first-order valence-electron chi connectivity index (χ1n) is 9.39. The smallest absolute Gasteiger partial charge is 0.165 e. The van der Waals surface area contributed by atoms with Crippen LogP contribution in [-0.2, 0) is 6.42 Å². The van der Waals surface area contributed by atoms with E-state index in [1.807, 2.05) is 37.3 Å². The minimum atomic E-state index is -0.0317. The van der Waals surface area contributed by atoms with E-state index in [4.69, 9.17) is 0 Å². The number of hydrogen-bond acceptors (Lipinski definition) is 1. The topological polar surface area (TPSA) is 17.1 Å². The Balaban J connectivity index is 1.55. The zero-order valence-corrected chi connectivity index (χ0v) is 15.4. The van der Waals surface area contributed by atoms with E-state index in [2.05, 4.69) is 66.7 Å². The second-order valence-electron chi connectivity index (χ2n) is 7.06. The highest BCUT2D eigenvalue weighted by Crippen LogP contribution is 2.29. The zero-order valence-electron chi connectivity index (χ0n) is 15.4. The lowest BCUT2D eigenvalue weighted by Gasteiger charge is -2.12. The number of ketones is 1. The number of rotatable bonds is 5. The van der Waals surface area contributed by atoms with Crippen molar-refractivity contribution in [1.82, 2.24) is 0 Å². The number of carbonyl (C=O) groups is 1. The summed E-state index contributed by atoms with van der Waals surface area (Å²) in [7, 11) is 0. The van der Waals surface area contributed by atoms with Gasteiger partial charge in [-0.2, -0.15) is 0 Å². The van der Waals surface area contributed by atoms with Gasteiger partial charge in [-0.3, -0.25) is 4.79 Å². The lowest BCUT2D eigenvalue weighted by molar-refractivity contribution is 0.0929. The number of fused-ring (bicyclic) bond motifs is 1. The maximum atomic E-state index is 12.6. The summed E-state index contributed by atoms with van der Waals surface area (Å²) >= 11 is 0. The number of Topliss-reactive ketones (excluding diaryl/α,β-unsaturated/α-hetero) is 1. The molecule has 0 bridgehead atoms. The van der Waals surface area contributed by atoms with Gasteiger partial charge in [0.15, 0.2) is 5.78 Å². The van der Waals surface area contributed by atoms with E-state index >= 15 is 0 Å². The Morgan fingerprint density at radius 2 is 1.41 bits per heavy atom. The Labute approximate surface area is 160 Å². The molecule has 0 saturated heterocycles. The van der Waals surface area contributed by atoms with Gasteiger partial charge in [0.1, 0.15) is 0 Å².